The van der Waals surface area contributed by atoms with Gasteiger partial charge in [0.1, 0.15) is 23.0 Å². The Labute approximate surface area is 232 Å². The maximum Gasteiger partial charge on any atom is 0.541 e. The van der Waals surface area contributed by atoms with Crippen LogP contribution in [0.15, 0.2) is 146 Å². The van der Waals surface area contributed by atoms with Gasteiger partial charge in [0, 0.05) is 11.4 Å². The van der Waals surface area contributed by atoms with Crippen molar-refractivity contribution in [1.82, 2.24) is 0 Å². The number of hydrogen-bond donors (Lipinski definition) is 2. The number of hydrogen-bond acceptors (Lipinski definition) is 6. The van der Waals surface area contributed by atoms with Crippen LogP contribution in [-0.4, -0.2) is 0 Å². The first-order valence-electron chi connectivity index (χ1n) is 12.3. The first-order valence-corrected chi connectivity index (χ1v) is 15.4. The third-order valence-corrected chi connectivity index (χ3v) is 8.14. The minimum atomic E-state index is -3.97. The predicted molar refractivity (Wildman–Crippen MR) is 157 cm³/mol. The molecule has 10 heteroatoms. The van der Waals surface area contributed by atoms with Crippen LogP contribution in [0.4, 0.5) is 11.4 Å². The van der Waals surface area contributed by atoms with Crippen molar-refractivity contribution in [3.8, 4) is 23.0 Å². The molecule has 0 saturated heterocycles. The summed E-state index contributed by atoms with van der Waals surface area (Å²) in [6.07, 6.45) is 0. The number of benzene rings is 5. The highest BCUT2D eigenvalue weighted by molar-refractivity contribution is 7.56. The molecule has 0 unspecified atom stereocenters. The highest BCUT2D eigenvalue weighted by Crippen LogP contribution is 2.51. The van der Waals surface area contributed by atoms with E-state index in [2.05, 4.69) is 10.2 Å². The van der Waals surface area contributed by atoms with Crippen molar-refractivity contribution < 1.29 is 27.2 Å². The summed E-state index contributed by atoms with van der Waals surface area (Å²) in [6, 6.07) is 41.5. The smallest absolute Gasteiger partial charge is 0.400 e. The van der Waals surface area contributed by atoms with E-state index in [1.807, 2.05) is 24.3 Å². The Hall–Kier alpha value is -4.64. The molecule has 8 nitrogen and oxygen atoms in total. The molecule has 2 N–H and O–H groups in total. The Morgan fingerprint density at radius 3 is 0.925 bits per heavy atom. The van der Waals surface area contributed by atoms with Crippen LogP contribution in [0.1, 0.15) is 0 Å². The first kappa shape index (κ1) is 26.9. The van der Waals surface area contributed by atoms with E-state index in [-0.39, 0.29) is 0 Å². The Balaban J connectivity index is 1.41. The molecule has 0 heterocycles. The Morgan fingerprint density at radius 2 is 0.650 bits per heavy atom. The zero-order valence-electron chi connectivity index (χ0n) is 21.2. The van der Waals surface area contributed by atoms with Gasteiger partial charge < -0.3 is 18.1 Å². The molecule has 0 fully saturated rings. The van der Waals surface area contributed by atoms with E-state index in [0.29, 0.717) is 34.4 Å². The van der Waals surface area contributed by atoms with Crippen molar-refractivity contribution >= 4 is 26.9 Å². The number of para-hydroxylation sites is 4. The lowest BCUT2D eigenvalue weighted by molar-refractivity contribution is 0.391. The van der Waals surface area contributed by atoms with Crippen molar-refractivity contribution in [2.75, 3.05) is 10.2 Å². The van der Waals surface area contributed by atoms with E-state index in [9.17, 15) is 9.13 Å². The van der Waals surface area contributed by atoms with Gasteiger partial charge in [-0.2, -0.15) is 0 Å². The van der Waals surface area contributed by atoms with Crippen LogP contribution in [0, 0.1) is 0 Å². The van der Waals surface area contributed by atoms with Crippen LogP contribution in [0.25, 0.3) is 0 Å². The molecule has 0 atom stereocenters. The molecule has 0 aliphatic carbocycles. The van der Waals surface area contributed by atoms with Crippen molar-refractivity contribution in [2.45, 2.75) is 0 Å². The highest BCUT2D eigenvalue weighted by Gasteiger charge is 2.31. The fraction of sp³-hybridized carbons (Fsp3) is 0. The molecule has 0 spiro atoms. The van der Waals surface area contributed by atoms with Crippen molar-refractivity contribution in [2.24, 2.45) is 0 Å². The molecule has 0 bridgehead atoms. The van der Waals surface area contributed by atoms with Crippen LogP contribution in [0.5, 0.6) is 23.0 Å². The van der Waals surface area contributed by atoms with Crippen molar-refractivity contribution in [1.29, 1.82) is 0 Å². The standard InChI is InChI=1S/C30H26N2O6P2/c33-39(35-27-16-5-1-6-17-27,36-28-18-7-2-8-19-28)31-25-14-13-15-26(24-25)32-40(34,37-29-20-9-3-10-21-29)38-30-22-11-4-12-23-30/h1-24H,(H,31,33)(H,32,34). The molecule has 5 aromatic rings. The zero-order valence-corrected chi connectivity index (χ0v) is 23.0. The maximum atomic E-state index is 13.9. The van der Waals surface area contributed by atoms with E-state index in [1.165, 1.54) is 0 Å². The van der Waals surface area contributed by atoms with Gasteiger partial charge in [0.2, 0.25) is 0 Å². The van der Waals surface area contributed by atoms with E-state index < -0.39 is 15.5 Å². The third kappa shape index (κ3) is 7.70. The van der Waals surface area contributed by atoms with E-state index in [0.717, 1.165) is 0 Å². The number of anilines is 2. The minimum Gasteiger partial charge on any atom is -0.400 e. The summed E-state index contributed by atoms with van der Waals surface area (Å²) < 4.78 is 51.1. The second kappa shape index (κ2) is 12.5. The molecule has 0 aliphatic heterocycles. The van der Waals surface area contributed by atoms with Gasteiger partial charge in [-0.25, -0.2) is 9.13 Å². The number of nitrogens with one attached hydrogen (secondary N) is 2. The topological polar surface area (TPSA) is 95.1 Å². The average molecular weight is 572 g/mol. The number of rotatable bonds is 12. The summed E-state index contributed by atoms with van der Waals surface area (Å²) in [7, 11) is -7.95. The molecular formula is C30H26N2O6P2. The van der Waals surface area contributed by atoms with Crippen LogP contribution >= 0.6 is 15.5 Å². The van der Waals surface area contributed by atoms with Gasteiger partial charge in [0.15, 0.2) is 0 Å². The van der Waals surface area contributed by atoms with Gasteiger partial charge in [0.25, 0.3) is 0 Å². The van der Waals surface area contributed by atoms with E-state index in [1.54, 1.807) is 121 Å². The fourth-order valence-electron chi connectivity index (χ4n) is 3.58. The molecular weight excluding hydrogens is 546 g/mol. The molecule has 5 rings (SSSR count). The lowest BCUT2D eigenvalue weighted by Crippen LogP contribution is -2.11. The van der Waals surface area contributed by atoms with Gasteiger partial charge in [0.05, 0.1) is 0 Å². The van der Waals surface area contributed by atoms with Crippen LogP contribution in [0.3, 0.4) is 0 Å². The quantitative estimate of drug-likeness (QED) is 0.143. The predicted octanol–water partition coefficient (Wildman–Crippen LogP) is 9.04. The minimum absolute atomic E-state index is 0.362. The maximum absolute atomic E-state index is 13.9. The van der Waals surface area contributed by atoms with Gasteiger partial charge >= 0.3 is 15.5 Å². The Kier molecular flexibility index (Phi) is 8.41. The molecule has 40 heavy (non-hydrogen) atoms. The molecule has 0 radical (unpaired) electrons. The molecule has 202 valence electrons. The molecule has 0 amide bonds. The molecule has 0 saturated carbocycles. The third-order valence-electron chi connectivity index (χ3n) is 5.27. The zero-order chi connectivity index (χ0) is 27.7. The van der Waals surface area contributed by atoms with E-state index >= 15 is 0 Å². The Morgan fingerprint density at radius 1 is 0.375 bits per heavy atom. The van der Waals surface area contributed by atoms with Gasteiger partial charge in [-0.1, -0.05) is 78.9 Å². The second-order valence-corrected chi connectivity index (χ2v) is 11.6. The second-order valence-electron chi connectivity index (χ2n) is 8.42. The lowest BCUT2D eigenvalue weighted by Gasteiger charge is -2.23. The van der Waals surface area contributed by atoms with Crippen molar-refractivity contribution in [3.63, 3.8) is 0 Å². The summed E-state index contributed by atoms with van der Waals surface area (Å²) in [5.74, 6) is 1.45. The summed E-state index contributed by atoms with van der Waals surface area (Å²) in [5, 5.41) is 5.76. The fourth-order valence-corrected chi connectivity index (χ4v) is 6.35. The van der Waals surface area contributed by atoms with Crippen LogP contribution in [-0.2, 0) is 9.13 Å². The van der Waals surface area contributed by atoms with E-state index in [4.69, 9.17) is 18.1 Å². The highest BCUT2D eigenvalue weighted by atomic mass is 31.2. The van der Waals surface area contributed by atoms with Crippen molar-refractivity contribution in [3.05, 3.63) is 146 Å². The van der Waals surface area contributed by atoms with Gasteiger partial charge in [-0.3, -0.25) is 10.2 Å². The van der Waals surface area contributed by atoms with Crippen LogP contribution in [0.2, 0.25) is 0 Å². The van der Waals surface area contributed by atoms with Gasteiger partial charge in [-0.15, -0.1) is 0 Å². The molecule has 0 aromatic heterocycles. The molecule has 5 aromatic carbocycles. The summed E-state index contributed by atoms with van der Waals surface area (Å²) in [6.45, 7) is 0. The SMILES string of the molecule is O=P(Nc1cccc(NP(=O)(Oc2ccccc2)Oc2ccccc2)c1)(Oc1ccccc1)Oc1ccccc1. The summed E-state index contributed by atoms with van der Waals surface area (Å²) in [4.78, 5) is 0. The summed E-state index contributed by atoms with van der Waals surface area (Å²) >= 11 is 0. The monoisotopic (exact) mass is 572 g/mol. The first-order chi connectivity index (χ1) is 19.5. The largest absolute Gasteiger partial charge is 0.541 e. The normalized spacial score (nSPS) is 11.2. The lowest BCUT2D eigenvalue weighted by atomic mass is 10.3. The summed E-state index contributed by atoms with van der Waals surface area (Å²) in [5.41, 5.74) is 0.761. The van der Waals surface area contributed by atoms with Gasteiger partial charge in [-0.05, 0) is 66.7 Å². The Bertz CT molecular complexity index is 1400. The average Bonchev–Trinajstić information content (AvgIpc) is 2.95. The molecule has 0 aliphatic rings. The van der Waals surface area contributed by atoms with Crippen LogP contribution < -0.4 is 28.3 Å².